The Bertz CT molecular complexity index is 488. The van der Waals surface area contributed by atoms with Crippen molar-refractivity contribution in [3.8, 4) is 11.3 Å². The molecule has 1 aromatic heterocycles. The summed E-state index contributed by atoms with van der Waals surface area (Å²) < 4.78 is 13.0. The van der Waals surface area contributed by atoms with E-state index in [0.29, 0.717) is 5.92 Å². The topological polar surface area (TPSA) is 12.9 Å². The molecule has 15 heavy (non-hydrogen) atoms. The molecule has 0 aliphatic heterocycles. The zero-order chi connectivity index (χ0) is 10.3. The molecule has 0 saturated heterocycles. The van der Waals surface area contributed by atoms with Crippen LogP contribution in [0.1, 0.15) is 23.8 Å². The molecule has 0 radical (unpaired) electrons. The fourth-order valence-electron chi connectivity index (χ4n) is 1.59. The van der Waals surface area contributed by atoms with Gasteiger partial charge in [-0.15, -0.1) is 11.3 Å². The van der Waals surface area contributed by atoms with Crippen LogP contribution >= 0.6 is 11.3 Å². The van der Waals surface area contributed by atoms with Gasteiger partial charge in [-0.3, -0.25) is 0 Å². The van der Waals surface area contributed by atoms with E-state index >= 15 is 0 Å². The van der Waals surface area contributed by atoms with Gasteiger partial charge in [-0.1, -0.05) is 12.1 Å². The Kier molecular flexibility index (Phi) is 2.06. The molecule has 1 nitrogen and oxygen atoms in total. The Morgan fingerprint density at radius 1 is 1.33 bits per heavy atom. The number of nitrogens with zero attached hydrogens (tertiary/aromatic N) is 1. The summed E-state index contributed by atoms with van der Waals surface area (Å²) in [7, 11) is 0. The first kappa shape index (κ1) is 9.04. The van der Waals surface area contributed by atoms with Crippen LogP contribution in [-0.4, -0.2) is 4.98 Å². The third-order valence-corrected chi connectivity index (χ3v) is 3.58. The van der Waals surface area contributed by atoms with E-state index in [-0.39, 0.29) is 5.82 Å². The lowest BCUT2D eigenvalue weighted by Gasteiger charge is -1.95. The van der Waals surface area contributed by atoms with Gasteiger partial charge in [0, 0.05) is 16.9 Å². The van der Waals surface area contributed by atoms with Crippen LogP contribution in [-0.2, 0) is 0 Å². The molecule has 0 amide bonds. The molecule has 1 saturated carbocycles. The van der Waals surface area contributed by atoms with Crippen LogP contribution in [0.25, 0.3) is 11.3 Å². The molecule has 1 fully saturated rings. The first-order valence-electron chi connectivity index (χ1n) is 5.04. The van der Waals surface area contributed by atoms with Gasteiger partial charge in [0.1, 0.15) is 5.82 Å². The molecule has 3 rings (SSSR count). The lowest BCUT2D eigenvalue weighted by Crippen LogP contribution is -1.81. The highest BCUT2D eigenvalue weighted by atomic mass is 32.1. The summed E-state index contributed by atoms with van der Waals surface area (Å²) >= 11 is 1.69. The Morgan fingerprint density at radius 2 is 2.20 bits per heavy atom. The number of thiazole rings is 1. The van der Waals surface area contributed by atoms with Crippen LogP contribution in [0.15, 0.2) is 29.6 Å². The molecular formula is C12H10FNS. The fourth-order valence-corrected chi connectivity index (χ4v) is 2.59. The monoisotopic (exact) mass is 219 g/mol. The van der Waals surface area contributed by atoms with E-state index < -0.39 is 0 Å². The Balaban J connectivity index is 1.97. The predicted molar refractivity (Wildman–Crippen MR) is 59.5 cm³/mol. The van der Waals surface area contributed by atoms with Gasteiger partial charge in [-0.25, -0.2) is 9.37 Å². The van der Waals surface area contributed by atoms with Gasteiger partial charge in [-0.05, 0) is 25.0 Å². The summed E-state index contributed by atoms with van der Waals surface area (Å²) in [4.78, 5) is 4.54. The van der Waals surface area contributed by atoms with Crippen molar-refractivity contribution in [1.82, 2.24) is 4.98 Å². The number of hydrogen-bond donors (Lipinski definition) is 0. The van der Waals surface area contributed by atoms with E-state index in [2.05, 4.69) is 4.98 Å². The van der Waals surface area contributed by atoms with Crippen molar-refractivity contribution in [3.05, 3.63) is 40.5 Å². The minimum absolute atomic E-state index is 0.200. The van der Waals surface area contributed by atoms with E-state index in [0.717, 1.165) is 11.3 Å². The molecular weight excluding hydrogens is 209 g/mol. The molecule has 0 atom stereocenters. The molecule has 1 heterocycles. The number of halogens is 1. The van der Waals surface area contributed by atoms with E-state index in [4.69, 9.17) is 0 Å². The molecule has 2 aromatic rings. The maximum absolute atomic E-state index is 13.0. The summed E-state index contributed by atoms with van der Waals surface area (Å²) in [6, 6.07) is 6.61. The van der Waals surface area contributed by atoms with Crippen molar-refractivity contribution < 1.29 is 4.39 Å². The standard InChI is InChI=1S/C12H10FNS/c13-10-3-1-2-9(6-10)11-7-15-12(14-11)8-4-5-8/h1-3,6-8H,4-5H2. The van der Waals surface area contributed by atoms with E-state index in [1.165, 1.54) is 30.0 Å². The van der Waals surface area contributed by atoms with Crippen molar-refractivity contribution in [3.63, 3.8) is 0 Å². The molecule has 3 heteroatoms. The zero-order valence-electron chi connectivity index (χ0n) is 8.11. The lowest BCUT2D eigenvalue weighted by molar-refractivity contribution is 0.628. The van der Waals surface area contributed by atoms with Gasteiger partial charge in [0.25, 0.3) is 0 Å². The van der Waals surface area contributed by atoms with Gasteiger partial charge in [-0.2, -0.15) is 0 Å². The van der Waals surface area contributed by atoms with E-state index in [1.807, 2.05) is 11.4 Å². The van der Waals surface area contributed by atoms with Crippen molar-refractivity contribution >= 4 is 11.3 Å². The molecule has 76 valence electrons. The molecule has 0 N–H and O–H groups in total. The Morgan fingerprint density at radius 3 is 2.93 bits per heavy atom. The third kappa shape index (κ3) is 1.79. The number of benzene rings is 1. The van der Waals surface area contributed by atoms with Gasteiger partial charge in [0.15, 0.2) is 0 Å². The predicted octanol–water partition coefficient (Wildman–Crippen LogP) is 3.83. The first-order valence-corrected chi connectivity index (χ1v) is 5.92. The molecule has 1 aromatic carbocycles. The number of rotatable bonds is 2. The minimum atomic E-state index is -0.200. The Hall–Kier alpha value is -1.22. The first-order chi connectivity index (χ1) is 7.33. The van der Waals surface area contributed by atoms with Gasteiger partial charge in [0.2, 0.25) is 0 Å². The van der Waals surface area contributed by atoms with Crippen molar-refractivity contribution in [2.75, 3.05) is 0 Å². The largest absolute Gasteiger partial charge is 0.241 e. The average molecular weight is 219 g/mol. The summed E-state index contributed by atoms with van der Waals surface area (Å²) in [6.07, 6.45) is 2.52. The van der Waals surface area contributed by atoms with Crippen LogP contribution < -0.4 is 0 Å². The quantitative estimate of drug-likeness (QED) is 0.748. The number of aromatic nitrogens is 1. The number of hydrogen-bond acceptors (Lipinski definition) is 2. The van der Waals surface area contributed by atoms with Crippen LogP contribution in [0, 0.1) is 5.82 Å². The lowest BCUT2D eigenvalue weighted by atomic mass is 10.2. The SMILES string of the molecule is Fc1cccc(-c2csc(C3CC3)n2)c1. The van der Waals surface area contributed by atoms with Crippen LogP contribution in [0.4, 0.5) is 4.39 Å². The molecule has 0 bridgehead atoms. The fraction of sp³-hybridized carbons (Fsp3) is 0.250. The summed E-state index contributed by atoms with van der Waals surface area (Å²) in [5, 5.41) is 3.22. The van der Waals surface area contributed by atoms with Crippen molar-refractivity contribution in [2.45, 2.75) is 18.8 Å². The van der Waals surface area contributed by atoms with Gasteiger partial charge in [0.05, 0.1) is 10.7 Å². The summed E-state index contributed by atoms with van der Waals surface area (Å²) in [5.41, 5.74) is 1.78. The minimum Gasteiger partial charge on any atom is -0.241 e. The normalized spacial score (nSPS) is 15.5. The second kappa shape index (κ2) is 3.42. The maximum Gasteiger partial charge on any atom is 0.123 e. The van der Waals surface area contributed by atoms with Crippen LogP contribution in [0.3, 0.4) is 0 Å². The Labute approximate surface area is 91.6 Å². The van der Waals surface area contributed by atoms with Crippen molar-refractivity contribution in [2.24, 2.45) is 0 Å². The van der Waals surface area contributed by atoms with Crippen LogP contribution in [0.5, 0.6) is 0 Å². The highest BCUT2D eigenvalue weighted by Gasteiger charge is 2.26. The second-order valence-electron chi connectivity index (χ2n) is 3.86. The van der Waals surface area contributed by atoms with Gasteiger partial charge < -0.3 is 0 Å². The molecule has 0 spiro atoms. The molecule has 0 unspecified atom stereocenters. The average Bonchev–Trinajstić information content (AvgIpc) is 2.97. The van der Waals surface area contributed by atoms with Gasteiger partial charge >= 0.3 is 0 Å². The zero-order valence-corrected chi connectivity index (χ0v) is 8.93. The molecule has 1 aliphatic carbocycles. The summed E-state index contributed by atoms with van der Waals surface area (Å²) in [6.45, 7) is 0. The smallest absolute Gasteiger partial charge is 0.123 e. The third-order valence-electron chi connectivity index (χ3n) is 2.57. The summed E-state index contributed by atoms with van der Waals surface area (Å²) in [5.74, 6) is 0.478. The second-order valence-corrected chi connectivity index (χ2v) is 4.75. The highest BCUT2D eigenvalue weighted by Crippen LogP contribution is 2.42. The van der Waals surface area contributed by atoms with E-state index in [1.54, 1.807) is 17.4 Å². The van der Waals surface area contributed by atoms with Crippen molar-refractivity contribution in [1.29, 1.82) is 0 Å². The highest BCUT2D eigenvalue weighted by molar-refractivity contribution is 7.10. The maximum atomic E-state index is 13.0. The molecule has 1 aliphatic rings. The van der Waals surface area contributed by atoms with Crippen LogP contribution in [0.2, 0.25) is 0 Å². The van der Waals surface area contributed by atoms with E-state index in [9.17, 15) is 4.39 Å².